The van der Waals surface area contributed by atoms with Crippen LogP contribution in [0, 0.1) is 10.1 Å². The zero-order valence-corrected chi connectivity index (χ0v) is 19.3. The minimum Gasteiger partial charge on any atom is -0.373 e. The van der Waals surface area contributed by atoms with Crippen molar-refractivity contribution in [2.75, 3.05) is 45.8 Å². The fourth-order valence-corrected chi connectivity index (χ4v) is 5.55. The first-order chi connectivity index (χ1) is 15.6. The summed E-state index contributed by atoms with van der Waals surface area (Å²) < 4.78 is 34.4. The number of ether oxygens (including phenoxy) is 1. The van der Waals surface area contributed by atoms with Crippen molar-refractivity contribution in [3.63, 3.8) is 0 Å². The summed E-state index contributed by atoms with van der Waals surface area (Å²) in [5.74, 6) is -1.17. The molecule has 0 spiro atoms. The van der Waals surface area contributed by atoms with E-state index in [2.05, 4.69) is 10.9 Å². The van der Waals surface area contributed by atoms with Gasteiger partial charge in [-0.25, -0.2) is 0 Å². The van der Waals surface area contributed by atoms with Gasteiger partial charge < -0.3 is 4.74 Å². The maximum absolute atomic E-state index is 12.9. The Morgan fingerprint density at radius 1 is 1.09 bits per heavy atom. The van der Waals surface area contributed by atoms with Crippen molar-refractivity contribution < 1.29 is 27.7 Å². The molecule has 14 heteroatoms. The molecule has 0 bridgehead atoms. The van der Waals surface area contributed by atoms with Crippen molar-refractivity contribution in [2.45, 2.75) is 26.1 Å². The lowest BCUT2D eigenvalue weighted by molar-refractivity contribution is -0.384. The van der Waals surface area contributed by atoms with E-state index in [0.29, 0.717) is 26.2 Å². The number of amides is 2. The fraction of sp³-hybridized carbons (Fsp3) is 0.579. The van der Waals surface area contributed by atoms with Crippen LogP contribution in [0.15, 0.2) is 24.3 Å². The van der Waals surface area contributed by atoms with Crippen LogP contribution in [0.1, 0.15) is 24.2 Å². The zero-order valence-electron chi connectivity index (χ0n) is 18.5. The van der Waals surface area contributed by atoms with E-state index in [4.69, 9.17) is 4.74 Å². The lowest BCUT2D eigenvalue weighted by atomic mass is 10.2. The number of hydrogen-bond acceptors (Lipinski definition) is 8. The van der Waals surface area contributed by atoms with Crippen LogP contribution in [0.4, 0.5) is 5.69 Å². The Morgan fingerprint density at radius 2 is 1.73 bits per heavy atom. The van der Waals surface area contributed by atoms with Crippen molar-refractivity contribution >= 4 is 27.7 Å². The normalized spacial score (nSPS) is 23.1. The highest BCUT2D eigenvalue weighted by Crippen LogP contribution is 2.19. The van der Waals surface area contributed by atoms with Crippen LogP contribution in [0.25, 0.3) is 0 Å². The summed E-state index contributed by atoms with van der Waals surface area (Å²) >= 11 is 0. The van der Waals surface area contributed by atoms with Crippen LogP contribution in [0.3, 0.4) is 0 Å². The molecule has 2 fully saturated rings. The molecule has 0 aromatic heterocycles. The number of nitro benzene ring substituents is 1. The lowest BCUT2D eigenvalue weighted by Gasteiger charge is -2.40. The number of carbonyl (C=O) groups excluding carboxylic acids is 2. The third-order valence-corrected chi connectivity index (χ3v) is 7.34. The van der Waals surface area contributed by atoms with E-state index in [9.17, 15) is 28.1 Å². The van der Waals surface area contributed by atoms with Crippen LogP contribution < -0.4 is 10.9 Å². The molecule has 0 saturated carbocycles. The Bertz CT molecular complexity index is 986. The number of carbonyl (C=O) groups is 2. The molecule has 2 amide bonds. The van der Waals surface area contributed by atoms with Gasteiger partial charge in [0, 0.05) is 57.0 Å². The number of rotatable bonds is 6. The fourth-order valence-electron chi connectivity index (χ4n) is 3.80. The summed E-state index contributed by atoms with van der Waals surface area (Å²) in [4.78, 5) is 36.3. The summed E-state index contributed by atoms with van der Waals surface area (Å²) in [5, 5.41) is 10.8. The molecule has 2 unspecified atom stereocenters. The molecule has 3 rings (SSSR count). The van der Waals surface area contributed by atoms with Gasteiger partial charge in [0.25, 0.3) is 27.7 Å². The van der Waals surface area contributed by atoms with Crippen LogP contribution in [0.5, 0.6) is 0 Å². The van der Waals surface area contributed by atoms with Crippen LogP contribution >= 0.6 is 0 Å². The second-order valence-corrected chi connectivity index (χ2v) is 10.00. The standard InChI is InChI=1S/C19H28N6O7S/c1-14-11-24(12-15(2)32-14)33(30,31)23-8-6-22(7-9-23)13-18(26)20-21-19(27)16-4-3-5-17(10-16)25(28)29/h3-5,10,14-15H,6-9,11-13H2,1-2H3,(H,20,26)(H,21,27). The first-order valence-corrected chi connectivity index (χ1v) is 11.9. The molecule has 0 radical (unpaired) electrons. The maximum atomic E-state index is 12.9. The van der Waals surface area contributed by atoms with E-state index in [1.165, 1.54) is 26.8 Å². The Morgan fingerprint density at radius 3 is 2.33 bits per heavy atom. The van der Waals surface area contributed by atoms with Gasteiger partial charge in [-0.1, -0.05) is 6.07 Å². The maximum Gasteiger partial charge on any atom is 0.282 e. The summed E-state index contributed by atoms with van der Waals surface area (Å²) in [5.41, 5.74) is 4.31. The summed E-state index contributed by atoms with van der Waals surface area (Å²) in [7, 11) is -3.61. The van der Waals surface area contributed by atoms with Gasteiger partial charge >= 0.3 is 0 Å². The number of non-ortho nitro benzene ring substituents is 1. The van der Waals surface area contributed by atoms with Crippen molar-refractivity contribution in [1.29, 1.82) is 0 Å². The molecule has 182 valence electrons. The number of nitrogens with zero attached hydrogens (tertiary/aromatic N) is 4. The molecule has 13 nitrogen and oxygen atoms in total. The zero-order chi connectivity index (χ0) is 24.2. The van der Waals surface area contributed by atoms with Gasteiger partial charge in [-0.05, 0) is 19.9 Å². The second kappa shape index (κ2) is 10.5. The topological polar surface area (TPSA) is 154 Å². The largest absolute Gasteiger partial charge is 0.373 e. The predicted molar refractivity (Wildman–Crippen MR) is 117 cm³/mol. The molecular weight excluding hydrogens is 456 g/mol. The van der Waals surface area contributed by atoms with Gasteiger partial charge in [-0.3, -0.25) is 35.5 Å². The van der Waals surface area contributed by atoms with Crippen molar-refractivity contribution in [3.8, 4) is 0 Å². The Balaban J connectivity index is 1.45. The van der Waals surface area contributed by atoms with Crippen molar-refractivity contribution in [1.82, 2.24) is 24.4 Å². The van der Waals surface area contributed by atoms with Crippen LogP contribution in [0.2, 0.25) is 0 Å². The minimum atomic E-state index is -3.61. The molecule has 33 heavy (non-hydrogen) atoms. The molecule has 1 aromatic rings. The molecule has 2 N–H and O–H groups in total. The Labute approximate surface area is 191 Å². The van der Waals surface area contributed by atoms with Gasteiger partial charge in [0.2, 0.25) is 0 Å². The van der Waals surface area contributed by atoms with Crippen LogP contribution in [-0.2, 0) is 19.7 Å². The van der Waals surface area contributed by atoms with E-state index >= 15 is 0 Å². The number of piperazine rings is 1. The van der Waals surface area contributed by atoms with E-state index in [-0.39, 0.29) is 43.1 Å². The number of nitro groups is 1. The number of benzene rings is 1. The third kappa shape index (κ3) is 6.45. The quantitative estimate of drug-likeness (QED) is 0.398. The van der Waals surface area contributed by atoms with Crippen molar-refractivity contribution in [2.24, 2.45) is 0 Å². The average Bonchev–Trinajstić information content (AvgIpc) is 2.77. The summed E-state index contributed by atoms with van der Waals surface area (Å²) in [6, 6.07) is 5.14. The molecule has 2 atom stereocenters. The summed E-state index contributed by atoms with van der Waals surface area (Å²) in [6.45, 7) is 5.47. The van der Waals surface area contributed by atoms with E-state index in [1.807, 2.05) is 13.8 Å². The van der Waals surface area contributed by atoms with Gasteiger partial charge in [0.15, 0.2) is 0 Å². The van der Waals surface area contributed by atoms with E-state index in [1.54, 1.807) is 4.90 Å². The highest BCUT2D eigenvalue weighted by Gasteiger charge is 2.36. The number of morpholine rings is 1. The highest BCUT2D eigenvalue weighted by molar-refractivity contribution is 7.86. The lowest BCUT2D eigenvalue weighted by Crippen LogP contribution is -2.58. The average molecular weight is 485 g/mol. The van der Waals surface area contributed by atoms with Crippen molar-refractivity contribution in [3.05, 3.63) is 39.9 Å². The second-order valence-electron chi connectivity index (χ2n) is 8.07. The minimum absolute atomic E-state index is 0.0330. The van der Waals surface area contributed by atoms with Gasteiger partial charge in [-0.15, -0.1) is 0 Å². The molecule has 2 aliphatic rings. The van der Waals surface area contributed by atoms with Gasteiger partial charge in [0.05, 0.1) is 23.7 Å². The molecular formula is C19H28N6O7S. The third-order valence-electron chi connectivity index (χ3n) is 5.37. The predicted octanol–water partition coefficient (Wildman–Crippen LogP) is -0.673. The highest BCUT2D eigenvalue weighted by atomic mass is 32.2. The number of hydrazine groups is 1. The monoisotopic (exact) mass is 484 g/mol. The number of hydrogen-bond donors (Lipinski definition) is 2. The summed E-state index contributed by atoms with van der Waals surface area (Å²) in [6.07, 6.45) is -0.350. The smallest absolute Gasteiger partial charge is 0.282 e. The first kappa shape index (κ1) is 25.0. The van der Waals surface area contributed by atoms with Gasteiger partial charge in [0.1, 0.15) is 0 Å². The Hall–Kier alpha value is -2.65. The molecule has 2 heterocycles. The van der Waals surface area contributed by atoms with E-state index < -0.39 is 26.9 Å². The van der Waals surface area contributed by atoms with Gasteiger partial charge in [-0.2, -0.15) is 17.0 Å². The molecule has 2 aliphatic heterocycles. The van der Waals surface area contributed by atoms with E-state index in [0.717, 1.165) is 6.07 Å². The molecule has 1 aromatic carbocycles. The number of nitrogens with one attached hydrogen (secondary N) is 2. The van der Waals surface area contributed by atoms with Crippen LogP contribution in [-0.4, -0.2) is 96.7 Å². The molecule has 0 aliphatic carbocycles. The SMILES string of the molecule is CC1CN(S(=O)(=O)N2CCN(CC(=O)NNC(=O)c3cccc([N+](=O)[O-])c3)CC2)CC(C)O1. The Kier molecular flexibility index (Phi) is 7.97. The first-order valence-electron chi connectivity index (χ1n) is 10.5. The molecule has 2 saturated heterocycles.